The second kappa shape index (κ2) is 4.21. The maximum atomic E-state index is 11.7. The number of carbonyl (C=O) groups is 1. The van der Waals surface area contributed by atoms with Crippen LogP contribution >= 0.6 is 0 Å². The van der Waals surface area contributed by atoms with E-state index in [9.17, 15) is 4.79 Å². The topological polar surface area (TPSA) is 47.9 Å². The van der Waals surface area contributed by atoms with E-state index in [4.69, 9.17) is 4.74 Å². The lowest BCUT2D eigenvalue weighted by atomic mass is 10.1. The van der Waals surface area contributed by atoms with E-state index >= 15 is 0 Å². The minimum atomic E-state index is -0.137. The van der Waals surface area contributed by atoms with Crippen molar-refractivity contribution in [3.05, 3.63) is 0 Å². The Kier molecular flexibility index (Phi) is 3.37. The van der Waals surface area contributed by atoms with Gasteiger partial charge in [-0.05, 0) is 19.3 Å². The average molecular weight is 213 g/mol. The van der Waals surface area contributed by atoms with Gasteiger partial charge in [0.25, 0.3) is 0 Å². The first-order valence-corrected chi connectivity index (χ1v) is 5.18. The third-order valence-corrected chi connectivity index (χ3v) is 2.84. The molecule has 1 fully saturated rings. The zero-order valence-corrected chi connectivity index (χ0v) is 9.98. The van der Waals surface area contributed by atoms with Crippen molar-refractivity contribution in [2.24, 2.45) is 22.4 Å². The van der Waals surface area contributed by atoms with Gasteiger partial charge in [-0.25, -0.2) is 0 Å². The third kappa shape index (κ3) is 2.49. The highest BCUT2D eigenvalue weighted by molar-refractivity contribution is 5.85. The van der Waals surface area contributed by atoms with Gasteiger partial charge in [0, 0.05) is 12.1 Å². The molecule has 0 N–H and O–H groups in total. The highest BCUT2D eigenvalue weighted by atomic mass is 16.6. The normalized spacial score (nSPS) is 28.1. The Morgan fingerprint density at radius 2 is 2.07 bits per heavy atom. The molecule has 86 valence electrons. The van der Waals surface area contributed by atoms with E-state index in [1.807, 2.05) is 27.7 Å². The minimum absolute atomic E-state index is 0.0612. The maximum absolute atomic E-state index is 11.7. The molecule has 2 atom stereocenters. The van der Waals surface area contributed by atoms with Crippen LogP contribution in [0.3, 0.4) is 0 Å². The molecule has 0 amide bonds. The number of hydrogen-bond acceptors (Lipinski definition) is 4. The molecule has 0 aromatic carbocycles. The summed E-state index contributed by atoms with van der Waals surface area (Å²) >= 11 is 0. The summed E-state index contributed by atoms with van der Waals surface area (Å²) in [5.74, 6) is -0.0925. The molecule has 0 aromatic heterocycles. The molecular formula is C11H19NO3. The maximum Gasteiger partial charge on any atom is 0.310 e. The Morgan fingerprint density at radius 3 is 2.53 bits per heavy atom. The van der Waals surface area contributed by atoms with Gasteiger partial charge in [0.05, 0.1) is 12.0 Å². The van der Waals surface area contributed by atoms with Crippen molar-refractivity contribution >= 4 is 12.2 Å². The molecule has 1 rings (SSSR count). The Bertz CT molecular complexity index is 271. The van der Waals surface area contributed by atoms with Crippen LogP contribution in [0.15, 0.2) is 5.16 Å². The van der Waals surface area contributed by atoms with Gasteiger partial charge in [-0.1, -0.05) is 19.0 Å². The van der Waals surface area contributed by atoms with Gasteiger partial charge in [-0.2, -0.15) is 0 Å². The smallest absolute Gasteiger partial charge is 0.310 e. The fraction of sp³-hybridized carbons (Fsp3) is 0.818. The molecule has 0 radical (unpaired) electrons. The number of oxime groups is 1. The minimum Gasteiger partial charge on any atom is -0.463 e. The SMILES string of the molecule is CO/N=C\C1C(C(=O)OC(C)C)C1(C)C. The van der Waals surface area contributed by atoms with Crippen LogP contribution in [0.5, 0.6) is 0 Å². The van der Waals surface area contributed by atoms with Crippen molar-refractivity contribution in [2.45, 2.75) is 33.8 Å². The molecule has 0 heterocycles. The molecule has 2 unspecified atom stereocenters. The predicted octanol–water partition coefficient (Wildman–Crippen LogP) is 1.84. The second-order valence-corrected chi connectivity index (χ2v) is 4.75. The van der Waals surface area contributed by atoms with Crippen molar-refractivity contribution in [2.75, 3.05) is 7.11 Å². The number of hydrogen-bond donors (Lipinski definition) is 0. The molecule has 1 aliphatic carbocycles. The average Bonchev–Trinajstić information content (AvgIpc) is 2.63. The Morgan fingerprint density at radius 1 is 1.47 bits per heavy atom. The largest absolute Gasteiger partial charge is 0.463 e. The molecule has 0 bridgehead atoms. The van der Waals surface area contributed by atoms with Crippen molar-refractivity contribution in [3.8, 4) is 0 Å². The van der Waals surface area contributed by atoms with E-state index < -0.39 is 0 Å². The summed E-state index contributed by atoms with van der Waals surface area (Å²) in [4.78, 5) is 16.3. The van der Waals surface area contributed by atoms with E-state index in [2.05, 4.69) is 9.99 Å². The van der Waals surface area contributed by atoms with E-state index in [1.165, 1.54) is 7.11 Å². The molecule has 15 heavy (non-hydrogen) atoms. The van der Waals surface area contributed by atoms with Gasteiger partial charge in [0.1, 0.15) is 7.11 Å². The number of rotatable bonds is 4. The Balaban J connectivity index is 2.57. The first-order valence-electron chi connectivity index (χ1n) is 5.18. The van der Waals surface area contributed by atoms with Gasteiger partial charge in [-0.3, -0.25) is 4.79 Å². The zero-order valence-electron chi connectivity index (χ0n) is 9.98. The summed E-state index contributed by atoms with van der Waals surface area (Å²) in [6.45, 7) is 7.77. The lowest BCUT2D eigenvalue weighted by molar-refractivity contribution is -0.149. The summed E-state index contributed by atoms with van der Waals surface area (Å²) in [6, 6.07) is 0. The summed E-state index contributed by atoms with van der Waals surface area (Å²) in [6.07, 6.45) is 1.63. The quantitative estimate of drug-likeness (QED) is 0.407. The van der Waals surface area contributed by atoms with Crippen LogP contribution in [-0.4, -0.2) is 25.4 Å². The van der Waals surface area contributed by atoms with E-state index in [0.717, 1.165) is 0 Å². The van der Waals surface area contributed by atoms with Crippen LogP contribution in [0.25, 0.3) is 0 Å². The second-order valence-electron chi connectivity index (χ2n) is 4.75. The third-order valence-electron chi connectivity index (χ3n) is 2.84. The van der Waals surface area contributed by atoms with Crippen LogP contribution in [-0.2, 0) is 14.4 Å². The number of nitrogens with zero attached hydrogens (tertiary/aromatic N) is 1. The molecule has 0 aliphatic heterocycles. The zero-order chi connectivity index (χ0) is 11.6. The van der Waals surface area contributed by atoms with Crippen LogP contribution in [0, 0.1) is 17.3 Å². The lowest BCUT2D eigenvalue weighted by Crippen LogP contribution is -2.15. The number of carbonyl (C=O) groups excluding carboxylic acids is 1. The fourth-order valence-electron chi connectivity index (χ4n) is 1.84. The van der Waals surface area contributed by atoms with Crippen LogP contribution in [0.1, 0.15) is 27.7 Å². The first kappa shape index (κ1) is 12.0. The van der Waals surface area contributed by atoms with Crippen LogP contribution in [0.2, 0.25) is 0 Å². The van der Waals surface area contributed by atoms with Gasteiger partial charge in [0.15, 0.2) is 0 Å². The lowest BCUT2D eigenvalue weighted by Gasteiger charge is -2.08. The molecule has 1 aliphatic rings. The highest BCUT2D eigenvalue weighted by Crippen LogP contribution is 2.57. The molecule has 4 nitrogen and oxygen atoms in total. The number of ether oxygens (including phenoxy) is 1. The Hall–Kier alpha value is -1.06. The summed E-state index contributed by atoms with van der Waals surface area (Å²) in [5.41, 5.74) is -0.0615. The molecular weight excluding hydrogens is 194 g/mol. The van der Waals surface area contributed by atoms with Crippen LogP contribution in [0.4, 0.5) is 0 Å². The van der Waals surface area contributed by atoms with Crippen molar-refractivity contribution < 1.29 is 14.4 Å². The summed E-state index contributed by atoms with van der Waals surface area (Å²) in [7, 11) is 1.49. The van der Waals surface area contributed by atoms with Gasteiger partial charge in [-0.15, -0.1) is 0 Å². The summed E-state index contributed by atoms with van der Waals surface area (Å²) in [5, 5.41) is 3.71. The molecule has 0 aromatic rings. The molecule has 0 saturated heterocycles. The van der Waals surface area contributed by atoms with Crippen LogP contribution < -0.4 is 0 Å². The fourth-order valence-corrected chi connectivity index (χ4v) is 1.84. The summed E-state index contributed by atoms with van der Waals surface area (Å²) < 4.78 is 5.18. The van der Waals surface area contributed by atoms with E-state index in [1.54, 1.807) is 6.21 Å². The van der Waals surface area contributed by atoms with Gasteiger partial charge < -0.3 is 9.57 Å². The van der Waals surface area contributed by atoms with E-state index in [-0.39, 0.29) is 29.3 Å². The predicted molar refractivity (Wildman–Crippen MR) is 57.5 cm³/mol. The van der Waals surface area contributed by atoms with Crippen molar-refractivity contribution in [1.29, 1.82) is 0 Å². The molecule has 0 spiro atoms. The van der Waals surface area contributed by atoms with Gasteiger partial charge >= 0.3 is 5.97 Å². The van der Waals surface area contributed by atoms with Gasteiger partial charge in [0.2, 0.25) is 0 Å². The highest BCUT2D eigenvalue weighted by Gasteiger charge is 2.62. The first-order chi connectivity index (χ1) is 6.91. The standard InChI is InChI=1S/C11H19NO3/c1-7(2)15-10(13)9-8(6-12-14-5)11(9,3)4/h6-9H,1-5H3/b12-6-. The Labute approximate surface area is 90.6 Å². The molecule has 1 saturated carbocycles. The number of esters is 1. The van der Waals surface area contributed by atoms with Crippen molar-refractivity contribution in [1.82, 2.24) is 0 Å². The van der Waals surface area contributed by atoms with E-state index in [0.29, 0.717) is 0 Å². The monoisotopic (exact) mass is 213 g/mol. The molecule has 4 heteroatoms. The van der Waals surface area contributed by atoms with Crippen molar-refractivity contribution in [3.63, 3.8) is 0 Å².